The van der Waals surface area contributed by atoms with E-state index in [0.29, 0.717) is 54.7 Å². The summed E-state index contributed by atoms with van der Waals surface area (Å²) in [6, 6.07) is 4.89. The lowest BCUT2D eigenvalue weighted by atomic mass is 10.1. The summed E-state index contributed by atoms with van der Waals surface area (Å²) in [7, 11) is -1.84. The van der Waals surface area contributed by atoms with E-state index in [1.165, 1.54) is 4.31 Å². The number of nitrogens with one attached hydrogen (secondary N) is 1. The molecular weight excluding hydrogens is 462 g/mol. The summed E-state index contributed by atoms with van der Waals surface area (Å²) >= 11 is 5.59. The summed E-state index contributed by atoms with van der Waals surface area (Å²) in [4.78, 5) is 8.15. The fourth-order valence-corrected chi connectivity index (χ4v) is 5.69. The third-order valence-electron chi connectivity index (χ3n) is 5.54. The molecule has 3 aromatic rings. The Morgan fingerprint density at radius 2 is 1.97 bits per heavy atom. The monoisotopic (exact) mass is 491 g/mol. The van der Waals surface area contributed by atoms with Gasteiger partial charge in [-0.25, -0.2) is 13.4 Å². The predicted octanol–water partition coefficient (Wildman–Crippen LogP) is 3.46. The number of benzene rings is 1. The van der Waals surface area contributed by atoms with Crippen molar-refractivity contribution in [2.24, 2.45) is 7.05 Å². The van der Waals surface area contributed by atoms with Gasteiger partial charge in [0.05, 0.1) is 41.5 Å². The number of hydrogen-bond donors (Lipinski definition) is 1. The SMILES string of the molecule is CCCOc1ccc(S(=O)(=O)N2CCOCC2)cc1-c1nc(=S)c2c([nH]1)c(CCC)nn2C. The smallest absolute Gasteiger partial charge is 0.243 e. The van der Waals surface area contributed by atoms with E-state index in [-0.39, 0.29) is 4.90 Å². The molecule has 4 rings (SSSR count). The predicted molar refractivity (Wildman–Crippen MR) is 128 cm³/mol. The second-order valence-electron chi connectivity index (χ2n) is 7.96. The van der Waals surface area contributed by atoms with E-state index in [1.807, 2.05) is 14.0 Å². The maximum absolute atomic E-state index is 13.3. The van der Waals surface area contributed by atoms with Crippen molar-refractivity contribution in [3.8, 4) is 17.1 Å². The standard InChI is InChI=1S/C22H29N5O4S2/c1-4-6-17-19-20(26(3)25-17)22(32)24-21(23-19)16-14-15(7-8-18(16)31-11-5-2)33(28,29)27-9-12-30-13-10-27/h7-8,14H,4-6,9-13H2,1-3H3,(H,23,24,32). The van der Waals surface area contributed by atoms with Crippen LogP contribution in [0.1, 0.15) is 32.4 Å². The molecule has 2 aromatic heterocycles. The first-order valence-electron chi connectivity index (χ1n) is 11.2. The van der Waals surface area contributed by atoms with Gasteiger partial charge in [-0.05, 0) is 31.0 Å². The Kier molecular flexibility index (Phi) is 7.13. The summed E-state index contributed by atoms with van der Waals surface area (Å²) in [6.45, 7) is 6.03. The van der Waals surface area contributed by atoms with Gasteiger partial charge in [0.1, 0.15) is 17.1 Å². The molecule has 1 aliphatic heterocycles. The number of ether oxygens (including phenoxy) is 2. The van der Waals surface area contributed by atoms with E-state index in [9.17, 15) is 8.42 Å². The van der Waals surface area contributed by atoms with Crippen LogP contribution in [0.25, 0.3) is 22.4 Å². The van der Waals surface area contributed by atoms with Crippen molar-refractivity contribution < 1.29 is 17.9 Å². The van der Waals surface area contributed by atoms with Crippen LogP contribution in [0.5, 0.6) is 5.75 Å². The highest BCUT2D eigenvalue weighted by molar-refractivity contribution is 7.89. The fraction of sp³-hybridized carbons (Fsp3) is 0.500. The summed E-state index contributed by atoms with van der Waals surface area (Å²) < 4.78 is 41.4. The van der Waals surface area contributed by atoms with E-state index >= 15 is 0 Å². The minimum Gasteiger partial charge on any atom is -0.493 e. The Morgan fingerprint density at radius 1 is 1.21 bits per heavy atom. The number of aromatic amines is 1. The zero-order valence-electron chi connectivity index (χ0n) is 19.1. The molecule has 0 saturated carbocycles. The average molecular weight is 492 g/mol. The van der Waals surface area contributed by atoms with Gasteiger partial charge in [-0.3, -0.25) is 4.68 Å². The van der Waals surface area contributed by atoms with Gasteiger partial charge in [0.2, 0.25) is 10.0 Å². The van der Waals surface area contributed by atoms with Crippen LogP contribution in [0.3, 0.4) is 0 Å². The van der Waals surface area contributed by atoms with Gasteiger partial charge in [-0.15, -0.1) is 0 Å². The molecule has 0 bridgehead atoms. The third kappa shape index (κ3) is 4.68. The van der Waals surface area contributed by atoms with Crippen molar-refractivity contribution in [1.82, 2.24) is 24.1 Å². The Morgan fingerprint density at radius 3 is 2.67 bits per heavy atom. The molecule has 3 heterocycles. The molecule has 0 atom stereocenters. The molecule has 11 heteroatoms. The van der Waals surface area contributed by atoms with Crippen molar-refractivity contribution in [2.45, 2.75) is 38.0 Å². The molecule has 0 unspecified atom stereocenters. The summed E-state index contributed by atoms with van der Waals surface area (Å²) in [5, 5.41) is 4.60. The molecule has 1 aromatic carbocycles. The van der Waals surface area contributed by atoms with Crippen LogP contribution in [-0.2, 0) is 28.2 Å². The van der Waals surface area contributed by atoms with Gasteiger partial charge < -0.3 is 14.5 Å². The molecule has 0 spiro atoms. The minimum atomic E-state index is -3.68. The average Bonchev–Trinajstić information content (AvgIpc) is 3.14. The van der Waals surface area contributed by atoms with Crippen LogP contribution >= 0.6 is 12.2 Å². The highest BCUT2D eigenvalue weighted by atomic mass is 32.2. The van der Waals surface area contributed by atoms with Crippen LogP contribution < -0.4 is 4.74 Å². The molecule has 33 heavy (non-hydrogen) atoms. The molecule has 1 saturated heterocycles. The molecule has 0 radical (unpaired) electrons. The number of hydrogen-bond acceptors (Lipinski definition) is 7. The first-order valence-corrected chi connectivity index (χ1v) is 13.0. The lowest BCUT2D eigenvalue weighted by molar-refractivity contribution is 0.0730. The van der Waals surface area contributed by atoms with Crippen LogP contribution in [0, 0.1) is 4.64 Å². The van der Waals surface area contributed by atoms with Gasteiger partial charge in [0.15, 0.2) is 4.64 Å². The molecule has 1 fully saturated rings. The topological polar surface area (TPSA) is 102 Å². The Labute approximate surface area is 198 Å². The molecule has 9 nitrogen and oxygen atoms in total. The number of H-pyrrole nitrogens is 1. The lowest BCUT2D eigenvalue weighted by Gasteiger charge is -2.26. The number of rotatable bonds is 8. The number of morpholine rings is 1. The van der Waals surface area contributed by atoms with Crippen molar-refractivity contribution in [3.63, 3.8) is 0 Å². The second kappa shape index (κ2) is 9.88. The molecule has 0 amide bonds. The van der Waals surface area contributed by atoms with Crippen molar-refractivity contribution in [3.05, 3.63) is 28.5 Å². The van der Waals surface area contributed by atoms with Crippen LogP contribution in [-0.4, -0.2) is 65.4 Å². The molecule has 178 valence electrons. The van der Waals surface area contributed by atoms with Gasteiger partial charge in [-0.1, -0.05) is 32.5 Å². The highest BCUT2D eigenvalue weighted by Gasteiger charge is 2.28. The van der Waals surface area contributed by atoms with Crippen LogP contribution in [0.4, 0.5) is 0 Å². The van der Waals surface area contributed by atoms with Crippen molar-refractivity contribution in [1.29, 1.82) is 0 Å². The van der Waals surface area contributed by atoms with E-state index in [0.717, 1.165) is 36.0 Å². The largest absolute Gasteiger partial charge is 0.493 e. The Bertz CT molecular complexity index is 1310. The Hall–Kier alpha value is -2.34. The maximum Gasteiger partial charge on any atom is 0.243 e. The number of aromatic nitrogens is 4. The summed E-state index contributed by atoms with van der Waals surface area (Å²) in [5.74, 6) is 1.01. The Balaban J connectivity index is 1.87. The van der Waals surface area contributed by atoms with Crippen molar-refractivity contribution in [2.75, 3.05) is 32.9 Å². The van der Waals surface area contributed by atoms with Gasteiger partial charge in [0.25, 0.3) is 0 Å². The van der Waals surface area contributed by atoms with Gasteiger partial charge in [0, 0.05) is 20.1 Å². The fourth-order valence-electron chi connectivity index (χ4n) is 3.92. The zero-order chi connectivity index (χ0) is 23.6. The molecule has 1 aliphatic rings. The highest BCUT2D eigenvalue weighted by Crippen LogP contribution is 2.33. The second-order valence-corrected chi connectivity index (χ2v) is 10.3. The van der Waals surface area contributed by atoms with Crippen LogP contribution in [0.2, 0.25) is 0 Å². The summed E-state index contributed by atoms with van der Waals surface area (Å²) in [5.41, 5.74) is 3.03. The summed E-state index contributed by atoms with van der Waals surface area (Å²) in [6.07, 6.45) is 2.54. The van der Waals surface area contributed by atoms with Crippen molar-refractivity contribution >= 4 is 33.3 Å². The number of nitrogens with zero attached hydrogens (tertiary/aromatic N) is 4. The quantitative estimate of drug-likeness (QED) is 0.482. The molecular formula is C22H29N5O4S2. The van der Waals surface area contributed by atoms with Gasteiger partial charge >= 0.3 is 0 Å². The zero-order valence-corrected chi connectivity index (χ0v) is 20.8. The number of aryl methyl sites for hydroxylation is 2. The molecule has 1 N–H and O–H groups in total. The third-order valence-corrected chi connectivity index (χ3v) is 7.72. The van der Waals surface area contributed by atoms with E-state index in [2.05, 4.69) is 22.0 Å². The van der Waals surface area contributed by atoms with E-state index in [1.54, 1.807) is 22.9 Å². The van der Waals surface area contributed by atoms with Gasteiger partial charge in [-0.2, -0.15) is 9.40 Å². The first kappa shape index (κ1) is 23.8. The molecule has 0 aliphatic carbocycles. The lowest BCUT2D eigenvalue weighted by Crippen LogP contribution is -2.40. The first-order chi connectivity index (χ1) is 15.9. The van der Waals surface area contributed by atoms with E-state index < -0.39 is 10.0 Å². The van der Waals surface area contributed by atoms with Crippen LogP contribution in [0.15, 0.2) is 23.1 Å². The normalized spacial score (nSPS) is 15.2. The van der Waals surface area contributed by atoms with E-state index in [4.69, 9.17) is 21.7 Å². The minimum absolute atomic E-state index is 0.185. The number of fused-ring (bicyclic) bond motifs is 1. The maximum atomic E-state index is 13.3. The number of sulfonamides is 1.